The van der Waals surface area contributed by atoms with E-state index in [4.69, 9.17) is 21.1 Å². The van der Waals surface area contributed by atoms with Gasteiger partial charge in [0.25, 0.3) is 0 Å². The number of carbonyl (C=O) groups is 2. The minimum Gasteiger partial charge on any atom is -0.468 e. The summed E-state index contributed by atoms with van der Waals surface area (Å²) in [6.45, 7) is 0. The predicted molar refractivity (Wildman–Crippen MR) is 113 cm³/mol. The van der Waals surface area contributed by atoms with Gasteiger partial charge >= 0.3 is 11.9 Å². The number of methoxy groups -OCH3 is 2. The Bertz CT molecular complexity index is 1170. The van der Waals surface area contributed by atoms with Crippen molar-refractivity contribution in [3.63, 3.8) is 0 Å². The lowest BCUT2D eigenvalue weighted by Crippen LogP contribution is -2.39. The zero-order valence-corrected chi connectivity index (χ0v) is 18.6. The molecule has 164 valence electrons. The van der Waals surface area contributed by atoms with Crippen LogP contribution in [-0.2, 0) is 28.9 Å². The number of rotatable bonds is 5. The van der Waals surface area contributed by atoms with Crippen LogP contribution in [0.4, 0.5) is 4.39 Å². The zero-order valence-electron chi connectivity index (χ0n) is 17.1. The summed E-state index contributed by atoms with van der Waals surface area (Å²) < 4.78 is 47.1. The molecule has 0 unspecified atom stereocenters. The summed E-state index contributed by atoms with van der Waals surface area (Å²) in [4.78, 5) is 25.5. The lowest BCUT2D eigenvalue weighted by Gasteiger charge is -2.23. The van der Waals surface area contributed by atoms with Crippen LogP contribution < -0.4 is 0 Å². The van der Waals surface area contributed by atoms with Gasteiger partial charge in [0.15, 0.2) is 15.3 Å². The largest absolute Gasteiger partial charge is 0.468 e. The summed E-state index contributed by atoms with van der Waals surface area (Å²) >= 11 is 5.96. The number of carbonyl (C=O) groups excluding carboxylic acids is 2. The number of halogens is 2. The highest BCUT2D eigenvalue weighted by Gasteiger charge is 2.53. The summed E-state index contributed by atoms with van der Waals surface area (Å²) in [6, 6.07) is 10.2. The third-order valence-electron chi connectivity index (χ3n) is 5.37. The molecule has 1 aliphatic carbocycles. The van der Waals surface area contributed by atoms with E-state index in [1.54, 1.807) is 12.1 Å². The molecule has 0 saturated carbocycles. The second kappa shape index (κ2) is 8.43. The molecular weight excluding hydrogens is 447 g/mol. The van der Waals surface area contributed by atoms with Crippen molar-refractivity contribution in [2.24, 2.45) is 5.41 Å². The molecule has 9 heteroatoms. The van der Waals surface area contributed by atoms with Crippen LogP contribution in [0.25, 0.3) is 11.1 Å². The molecule has 0 spiro atoms. The van der Waals surface area contributed by atoms with E-state index in [1.165, 1.54) is 44.6 Å². The molecule has 0 aliphatic heterocycles. The summed E-state index contributed by atoms with van der Waals surface area (Å²) in [5.74, 6) is -2.11. The molecule has 0 N–H and O–H groups in total. The predicted octanol–water partition coefficient (Wildman–Crippen LogP) is 3.92. The highest BCUT2D eigenvalue weighted by molar-refractivity contribution is 7.90. The van der Waals surface area contributed by atoms with Crippen molar-refractivity contribution in [1.82, 2.24) is 0 Å². The van der Waals surface area contributed by atoms with Crippen LogP contribution in [-0.4, -0.2) is 40.8 Å². The molecule has 0 atom stereocenters. The quantitative estimate of drug-likeness (QED) is 0.490. The Balaban J connectivity index is 2.20. The normalized spacial score (nSPS) is 15.6. The summed E-state index contributed by atoms with van der Waals surface area (Å²) in [6.07, 6.45) is 1.02. The molecule has 0 saturated heterocycles. The van der Waals surface area contributed by atoms with Crippen molar-refractivity contribution in [2.45, 2.75) is 17.7 Å². The standard InChI is InChI=1S/C22H20ClFO6S/c1-29-20(25)22(21(26)30-2)11-16(13-4-7-15(8-5-13)31(3,27)28)17(12-22)14-6-9-19(24)18(23)10-14/h4-10H,11-12H2,1-3H3. The molecule has 0 heterocycles. The Hall–Kier alpha value is -2.71. The van der Waals surface area contributed by atoms with Crippen molar-refractivity contribution in [3.05, 3.63) is 64.4 Å². The molecule has 0 bridgehead atoms. The summed E-state index contributed by atoms with van der Waals surface area (Å²) in [5.41, 5.74) is 0.717. The van der Waals surface area contributed by atoms with Crippen molar-refractivity contribution in [1.29, 1.82) is 0 Å². The van der Waals surface area contributed by atoms with E-state index in [2.05, 4.69) is 0 Å². The third kappa shape index (κ3) is 4.22. The van der Waals surface area contributed by atoms with Gasteiger partial charge in [-0.05, 0) is 46.5 Å². The Kier molecular flexibility index (Phi) is 6.25. The number of esters is 2. The number of ether oxygens (including phenoxy) is 2. The van der Waals surface area contributed by atoms with E-state index in [-0.39, 0.29) is 22.8 Å². The second-order valence-corrected chi connectivity index (χ2v) is 9.72. The topological polar surface area (TPSA) is 86.7 Å². The van der Waals surface area contributed by atoms with Gasteiger partial charge in [-0.15, -0.1) is 0 Å². The van der Waals surface area contributed by atoms with Crippen molar-refractivity contribution in [2.75, 3.05) is 20.5 Å². The van der Waals surface area contributed by atoms with E-state index < -0.39 is 33.0 Å². The first kappa shape index (κ1) is 23.0. The lowest BCUT2D eigenvalue weighted by molar-refractivity contribution is -0.167. The lowest BCUT2D eigenvalue weighted by atomic mass is 9.82. The van der Waals surface area contributed by atoms with Gasteiger partial charge in [-0.3, -0.25) is 9.59 Å². The SMILES string of the molecule is COC(=O)C1(C(=O)OC)CC(c2ccc(S(C)(=O)=O)cc2)=C(c2ccc(F)c(Cl)c2)C1. The van der Waals surface area contributed by atoms with E-state index in [0.717, 1.165) is 6.26 Å². The van der Waals surface area contributed by atoms with Gasteiger partial charge in [0, 0.05) is 19.1 Å². The fourth-order valence-electron chi connectivity index (χ4n) is 3.78. The minimum atomic E-state index is -3.40. The number of benzene rings is 2. The Labute approximate surface area is 184 Å². The van der Waals surface area contributed by atoms with Gasteiger partial charge < -0.3 is 9.47 Å². The molecule has 0 radical (unpaired) electrons. The van der Waals surface area contributed by atoms with Crippen LogP contribution >= 0.6 is 11.6 Å². The van der Waals surface area contributed by atoms with Crippen LogP contribution in [0.3, 0.4) is 0 Å². The van der Waals surface area contributed by atoms with Gasteiger partial charge in [-0.1, -0.05) is 29.8 Å². The molecule has 1 aliphatic rings. The average Bonchev–Trinajstić information content (AvgIpc) is 3.16. The van der Waals surface area contributed by atoms with E-state index in [0.29, 0.717) is 22.3 Å². The molecule has 31 heavy (non-hydrogen) atoms. The molecule has 0 amide bonds. The second-order valence-electron chi connectivity index (χ2n) is 7.30. The fraction of sp³-hybridized carbons (Fsp3) is 0.273. The molecule has 3 rings (SSSR count). The highest BCUT2D eigenvalue weighted by atomic mass is 35.5. The van der Waals surface area contributed by atoms with Crippen molar-refractivity contribution in [3.8, 4) is 0 Å². The van der Waals surface area contributed by atoms with Crippen LogP contribution in [0.5, 0.6) is 0 Å². The highest BCUT2D eigenvalue weighted by Crippen LogP contribution is 2.51. The average molecular weight is 467 g/mol. The maximum Gasteiger partial charge on any atom is 0.323 e. The van der Waals surface area contributed by atoms with Crippen LogP contribution in [0, 0.1) is 11.2 Å². The van der Waals surface area contributed by atoms with Crippen LogP contribution in [0.1, 0.15) is 24.0 Å². The Morgan fingerprint density at radius 2 is 1.42 bits per heavy atom. The smallest absolute Gasteiger partial charge is 0.323 e. The minimum absolute atomic E-state index is 0.0328. The van der Waals surface area contributed by atoms with E-state index >= 15 is 0 Å². The molecule has 0 fully saturated rings. The zero-order chi connectivity index (χ0) is 23.0. The van der Waals surface area contributed by atoms with Gasteiger partial charge in [0.1, 0.15) is 5.82 Å². The van der Waals surface area contributed by atoms with Gasteiger partial charge in [-0.25, -0.2) is 12.8 Å². The van der Waals surface area contributed by atoms with Crippen LogP contribution in [0.2, 0.25) is 5.02 Å². The van der Waals surface area contributed by atoms with Gasteiger partial charge in [0.2, 0.25) is 0 Å². The van der Waals surface area contributed by atoms with Gasteiger partial charge in [0.05, 0.1) is 24.1 Å². The first-order valence-corrected chi connectivity index (χ1v) is 11.4. The van der Waals surface area contributed by atoms with Gasteiger partial charge in [-0.2, -0.15) is 0 Å². The summed E-state index contributed by atoms with van der Waals surface area (Å²) in [5, 5.41) is -0.106. The molecule has 2 aromatic rings. The van der Waals surface area contributed by atoms with Crippen molar-refractivity contribution >= 4 is 44.5 Å². The monoisotopic (exact) mass is 466 g/mol. The number of hydrogen-bond donors (Lipinski definition) is 0. The first-order valence-electron chi connectivity index (χ1n) is 9.18. The number of hydrogen-bond acceptors (Lipinski definition) is 6. The van der Waals surface area contributed by atoms with Crippen LogP contribution in [0.15, 0.2) is 47.4 Å². The summed E-state index contributed by atoms with van der Waals surface area (Å²) in [7, 11) is -1.04. The van der Waals surface area contributed by atoms with E-state index in [9.17, 15) is 22.4 Å². The maximum absolute atomic E-state index is 13.7. The molecule has 2 aromatic carbocycles. The molecule has 0 aromatic heterocycles. The number of allylic oxidation sites excluding steroid dienone is 2. The molecule has 6 nitrogen and oxygen atoms in total. The Morgan fingerprint density at radius 3 is 1.87 bits per heavy atom. The first-order chi connectivity index (χ1) is 14.5. The Morgan fingerprint density at radius 1 is 0.935 bits per heavy atom. The molecular formula is C22H20ClFO6S. The van der Waals surface area contributed by atoms with E-state index in [1.807, 2.05) is 0 Å². The van der Waals surface area contributed by atoms with Crippen molar-refractivity contribution < 1.29 is 31.9 Å². The fourth-order valence-corrected chi connectivity index (χ4v) is 4.59. The number of sulfone groups is 1. The maximum atomic E-state index is 13.7. The third-order valence-corrected chi connectivity index (χ3v) is 6.79.